The quantitative estimate of drug-likeness (QED) is 0.637. The summed E-state index contributed by atoms with van der Waals surface area (Å²) in [4.78, 5) is 7.17. The van der Waals surface area contributed by atoms with Crippen LogP contribution in [0, 0.1) is 11.8 Å². The molecule has 0 aliphatic heterocycles. The number of sulfonamides is 1. The maximum atomic E-state index is 10.8. The molecule has 0 atom stereocenters. The zero-order valence-corrected chi connectivity index (χ0v) is 10.7. The summed E-state index contributed by atoms with van der Waals surface area (Å²) in [6, 6.07) is 3.76. The molecule has 0 saturated heterocycles. The highest BCUT2D eigenvalue weighted by Crippen LogP contribution is 2.13. The molecule has 6 heteroatoms. The Bertz CT molecular complexity index is 707. The molecular formula is C12H13N3O2S. The number of pyridine rings is 1. The Morgan fingerprint density at radius 3 is 3.06 bits per heavy atom. The van der Waals surface area contributed by atoms with E-state index >= 15 is 0 Å². The zero-order chi connectivity index (χ0) is 13.0. The Kier molecular flexibility index (Phi) is 3.65. The highest BCUT2D eigenvalue weighted by Gasteiger charge is 1.99. The maximum absolute atomic E-state index is 10.8. The number of H-pyrrole nitrogens is 1. The number of aromatic nitrogens is 2. The molecule has 5 nitrogen and oxygen atoms in total. The van der Waals surface area contributed by atoms with Gasteiger partial charge in [-0.25, -0.2) is 18.1 Å². The normalized spacial score (nSPS) is 11.2. The van der Waals surface area contributed by atoms with Crippen molar-refractivity contribution in [3.8, 4) is 11.8 Å². The highest BCUT2D eigenvalue weighted by molar-refractivity contribution is 7.88. The molecule has 0 saturated carbocycles. The molecule has 2 aromatic heterocycles. The number of hydrogen-bond donors (Lipinski definition) is 2. The van der Waals surface area contributed by atoms with Gasteiger partial charge in [0.2, 0.25) is 10.0 Å². The summed E-state index contributed by atoms with van der Waals surface area (Å²) in [6.07, 6.45) is 5.11. The number of nitrogens with zero attached hydrogens (tertiary/aromatic N) is 1. The molecule has 94 valence electrons. The third kappa shape index (κ3) is 3.32. The molecule has 0 aliphatic carbocycles. The van der Waals surface area contributed by atoms with Crippen molar-refractivity contribution >= 4 is 21.1 Å². The molecule has 0 fully saturated rings. The molecule has 0 bridgehead atoms. The first kappa shape index (κ1) is 12.6. The van der Waals surface area contributed by atoms with Crippen molar-refractivity contribution < 1.29 is 8.42 Å². The monoisotopic (exact) mass is 263 g/mol. The van der Waals surface area contributed by atoms with Crippen molar-refractivity contribution in [3.05, 3.63) is 30.1 Å². The van der Waals surface area contributed by atoms with Gasteiger partial charge in [-0.15, -0.1) is 0 Å². The van der Waals surface area contributed by atoms with Gasteiger partial charge in [0.25, 0.3) is 0 Å². The van der Waals surface area contributed by atoms with Crippen LogP contribution in [-0.4, -0.2) is 31.2 Å². The molecule has 0 amide bonds. The van der Waals surface area contributed by atoms with Gasteiger partial charge >= 0.3 is 0 Å². The second-order valence-corrected chi connectivity index (χ2v) is 5.65. The fourth-order valence-corrected chi connectivity index (χ4v) is 2.00. The van der Waals surface area contributed by atoms with E-state index < -0.39 is 10.0 Å². The van der Waals surface area contributed by atoms with Gasteiger partial charge in [-0.3, -0.25) is 0 Å². The fraction of sp³-hybridized carbons (Fsp3) is 0.250. The standard InChI is InChI=1S/C12H13N3O2S/c1-18(16,17)15-7-3-2-4-10-5-8-13-12-11(10)6-9-14-12/h5-6,8-9,15H,3,7H2,1H3,(H,13,14). The summed E-state index contributed by atoms with van der Waals surface area (Å²) in [5.41, 5.74) is 1.69. The Labute approximate surface area is 106 Å². The fourth-order valence-electron chi connectivity index (χ4n) is 1.53. The summed E-state index contributed by atoms with van der Waals surface area (Å²) in [5.74, 6) is 5.95. The van der Waals surface area contributed by atoms with Gasteiger partial charge < -0.3 is 4.98 Å². The number of rotatable bonds is 3. The van der Waals surface area contributed by atoms with Gasteiger partial charge in [-0.05, 0) is 12.1 Å². The zero-order valence-electron chi connectivity index (χ0n) is 9.90. The van der Waals surface area contributed by atoms with Crippen molar-refractivity contribution in [3.63, 3.8) is 0 Å². The molecule has 0 aliphatic rings. The second-order valence-electron chi connectivity index (χ2n) is 3.82. The first-order valence-electron chi connectivity index (χ1n) is 5.42. The topological polar surface area (TPSA) is 74.8 Å². The molecule has 0 aromatic carbocycles. The third-order valence-corrected chi connectivity index (χ3v) is 3.03. The number of fused-ring (bicyclic) bond motifs is 1. The first-order valence-corrected chi connectivity index (χ1v) is 7.31. The molecular weight excluding hydrogens is 250 g/mol. The Morgan fingerprint density at radius 1 is 1.44 bits per heavy atom. The van der Waals surface area contributed by atoms with E-state index in [0.29, 0.717) is 13.0 Å². The van der Waals surface area contributed by atoms with E-state index in [1.165, 1.54) is 0 Å². The third-order valence-electron chi connectivity index (χ3n) is 2.30. The van der Waals surface area contributed by atoms with Gasteiger partial charge in [0.05, 0.1) is 6.26 Å². The van der Waals surface area contributed by atoms with Crippen LogP contribution in [0.5, 0.6) is 0 Å². The molecule has 18 heavy (non-hydrogen) atoms. The van der Waals surface area contributed by atoms with Gasteiger partial charge in [0, 0.05) is 36.3 Å². The lowest BCUT2D eigenvalue weighted by atomic mass is 10.2. The van der Waals surface area contributed by atoms with Crippen molar-refractivity contribution in [1.29, 1.82) is 0 Å². The van der Waals surface area contributed by atoms with Crippen LogP contribution in [0.25, 0.3) is 11.0 Å². The Hall–Kier alpha value is -1.84. The minimum atomic E-state index is -3.13. The molecule has 0 spiro atoms. The van der Waals surface area contributed by atoms with E-state index in [-0.39, 0.29) is 0 Å². The molecule has 2 N–H and O–H groups in total. The van der Waals surface area contributed by atoms with Gasteiger partial charge in [-0.2, -0.15) is 0 Å². The van der Waals surface area contributed by atoms with Gasteiger partial charge in [-0.1, -0.05) is 11.8 Å². The molecule has 2 heterocycles. The first-order chi connectivity index (χ1) is 8.56. The van der Waals surface area contributed by atoms with Gasteiger partial charge in [0.15, 0.2) is 0 Å². The lowest BCUT2D eigenvalue weighted by Gasteiger charge is -1.96. The lowest BCUT2D eigenvalue weighted by Crippen LogP contribution is -2.22. The van der Waals surface area contributed by atoms with Crippen molar-refractivity contribution in [2.24, 2.45) is 0 Å². The van der Waals surface area contributed by atoms with Crippen LogP contribution in [0.1, 0.15) is 12.0 Å². The predicted molar refractivity (Wildman–Crippen MR) is 70.4 cm³/mol. The van der Waals surface area contributed by atoms with E-state index in [1.807, 2.05) is 18.3 Å². The smallest absolute Gasteiger partial charge is 0.208 e. The van der Waals surface area contributed by atoms with Crippen LogP contribution < -0.4 is 4.72 Å². The largest absolute Gasteiger partial charge is 0.346 e. The lowest BCUT2D eigenvalue weighted by molar-refractivity contribution is 0.588. The van der Waals surface area contributed by atoms with Crippen LogP contribution in [0.3, 0.4) is 0 Å². The van der Waals surface area contributed by atoms with Crippen LogP contribution in [0.2, 0.25) is 0 Å². The molecule has 2 rings (SSSR count). The molecule has 0 radical (unpaired) electrons. The van der Waals surface area contributed by atoms with Gasteiger partial charge in [0.1, 0.15) is 5.65 Å². The van der Waals surface area contributed by atoms with E-state index in [9.17, 15) is 8.42 Å². The summed E-state index contributed by atoms with van der Waals surface area (Å²) in [6.45, 7) is 0.327. The summed E-state index contributed by atoms with van der Waals surface area (Å²) in [7, 11) is -3.13. The number of hydrogen-bond acceptors (Lipinski definition) is 3. The highest BCUT2D eigenvalue weighted by atomic mass is 32.2. The van der Waals surface area contributed by atoms with Crippen molar-refractivity contribution in [2.75, 3.05) is 12.8 Å². The minimum absolute atomic E-state index is 0.327. The Morgan fingerprint density at radius 2 is 2.28 bits per heavy atom. The maximum Gasteiger partial charge on any atom is 0.208 e. The van der Waals surface area contributed by atoms with E-state index in [4.69, 9.17) is 0 Å². The average molecular weight is 263 g/mol. The molecule has 2 aromatic rings. The predicted octanol–water partition coefficient (Wildman–Crippen LogP) is 0.854. The number of aromatic amines is 1. The summed E-state index contributed by atoms with van der Waals surface area (Å²) in [5, 5.41) is 0.973. The second kappa shape index (κ2) is 5.21. The van der Waals surface area contributed by atoms with E-state index in [0.717, 1.165) is 22.9 Å². The van der Waals surface area contributed by atoms with E-state index in [2.05, 4.69) is 26.5 Å². The molecule has 0 unspecified atom stereocenters. The van der Waals surface area contributed by atoms with E-state index in [1.54, 1.807) is 6.20 Å². The van der Waals surface area contributed by atoms with Crippen LogP contribution in [0.4, 0.5) is 0 Å². The summed E-state index contributed by atoms with van der Waals surface area (Å²) < 4.78 is 24.1. The van der Waals surface area contributed by atoms with Crippen molar-refractivity contribution in [2.45, 2.75) is 6.42 Å². The van der Waals surface area contributed by atoms with Crippen LogP contribution in [0.15, 0.2) is 24.5 Å². The minimum Gasteiger partial charge on any atom is -0.346 e. The summed E-state index contributed by atoms with van der Waals surface area (Å²) >= 11 is 0. The Balaban J connectivity index is 2.04. The van der Waals surface area contributed by atoms with Crippen molar-refractivity contribution in [1.82, 2.24) is 14.7 Å². The SMILES string of the molecule is CS(=O)(=O)NCCC#Cc1ccnc2[nH]ccc12. The van der Waals surface area contributed by atoms with Crippen LogP contribution in [-0.2, 0) is 10.0 Å². The van der Waals surface area contributed by atoms with Crippen LogP contribution >= 0.6 is 0 Å². The number of nitrogens with one attached hydrogen (secondary N) is 2. The average Bonchev–Trinajstić information content (AvgIpc) is 2.75.